The summed E-state index contributed by atoms with van der Waals surface area (Å²) in [5.74, 6) is 0. The van der Waals surface area contributed by atoms with Crippen LogP contribution in [-0.2, 0) is 0 Å². The molecule has 0 atom stereocenters. The highest BCUT2D eigenvalue weighted by Gasteiger charge is 2.13. The van der Waals surface area contributed by atoms with Crippen molar-refractivity contribution in [2.24, 2.45) is 0 Å². The van der Waals surface area contributed by atoms with E-state index in [1.165, 1.54) is 38.2 Å². The van der Waals surface area contributed by atoms with Gasteiger partial charge in [-0.25, -0.2) is 0 Å². The average Bonchev–Trinajstić information content (AvgIpc) is 2.84. The molecule has 0 aliphatic rings. The van der Waals surface area contributed by atoms with Gasteiger partial charge in [0.05, 0.1) is 5.52 Å². The van der Waals surface area contributed by atoms with E-state index in [4.69, 9.17) is 0 Å². The fourth-order valence-corrected chi connectivity index (χ4v) is 2.99. The number of rotatable bonds is 0. The number of nitrogens with one attached hydrogen (secondary N) is 1. The number of aromatic nitrogens is 3. The quantitative estimate of drug-likeness (QED) is 0.512. The van der Waals surface area contributed by atoms with E-state index < -0.39 is 0 Å². The fourth-order valence-electron chi connectivity index (χ4n) is 2.99. The van der Waals surface area contributed by atoms with Crippen molar-refractivity contribution >= 4 is 32.6 Å². The Labute approximate surface area is 110 Å². The van der Waals surface area contributed by atoms with Gasteiger partial charge in [-0.3, -0.25) is 9.97 Å². The van der Waals surface area contributed by atoms with Crippen molar-refractivity contribution < 1.29 is 0 Å². The third-order valence-electron chi connectivity index (χ3n) is 3.98. The van der Waals surface area contributed by atoms with Gasteiger partial charge in [0.1, 0.15) is 0 Å². The van der Waals surface area contributed by atoms with E-state index in [-0.39, 0.29) is 0 Å². The van der Waals surface area contributed by atoms with Gasteiger partial charge in [0.25, 0.3) is 0 Å². The summed E-state index contributed by atoms with van der Waals surface area (Å²) in [5, 5.41) is 4.93. The molecule has 3 heteroatoms. The van der Waals surface area contributed by atoms with Crippen LogP contribution in [0.3, 0.4) is 0 Å². The fraction of sp³-hybridized carbons (Fsp3) is 0.125. The number of H-pyrrole nitrogens is 1. The van der Waals surface area contributed by atoms with Gasteiger partial charge in [0.15, 0.2) is 0 Å². The minimum absolute atomic E-state index is 1.14. The van der Waals surface area contributed by atoms with Crippen LogP contribution < -0.4 is 0 Å². The van der Waals surface area contributed by atoms with Gasteiger partial charge in [-0.1, -0.05) is 0 Å². The first-order valence-electron chi connectivity index (χ1n) is 6.35. The predicted octanol–water partition coefficient (Wildman–Crippen LogP) is 3.88. The topological polar surface area (TPSA) is 41.6 Å². The van der Waals surface area contributed by atoms with E-state index in [0.29, 0.717) is 0 Å². The van der Waals surface area contributed by atoms with Gasteiger partial charge in [0.2, 0.25) is 0 Å². The monoisotopic (exact) mass is 247 g/mol. The molecule has 0 amide bonds. The van der Waals surface area contributed by atoms with Crippen molar-refractivity contribution in [3.63, 3.8) is 0 Å². The number of pyridine rings is 2. The van der Waals surface area contributed by atoms with Crippen molar-refractivity contribution in [3.8, 4) is 0 Å². The van der Waals surface area contributed by atoms with Crippen LogP contribution in [0.15, 0.2) is 36.9 Å². The Bertz CT molecular complexity index is 935. The Hall–Kier alpha value is -2.42. The smallest absolute Gasteiger partial charge is 0.0504 e. The third-order valence-corrected chi connectivity index (χ3v) is 3.98. The maximum absolute atomic E-state index is 4.26. The molecule has 1 N–H and O–H groups in total. The van der Waals surface area contributed by atoms with E-state index in [2.05, 4.69) is 34.9 Å². The molecule has 4 rings (SSSR count). The summed E-state index contributed by atoms with van der Waals surface area (Å²) < 4.78 is 0. The van der Waals surface area contributed by atoms with Crippen molar-refractivity contribution in [3.05, 3.63) is 48.0 Å². The number of fused-ring (bicyclic) bond motifs is 4. The van der Waals surface area contributed by atoms with Crippen LogP contribution in [0.1, 0.15) is 11.1 Å². The lowest BCUT2D eigenvalue weighted by Crippen LogP contribution is -1.87. The molecule has 0 radical (unpaired) electrons. The molecule has 19 heavy (non-hydrogen) atoms. The van der Waals surface area contributed by atoms with Gasteiger partial charge < -0.3 is 4.98 Å². The molecule has 0 saturated heterocycles. The van der Waals surface area contributed by atoms with Crippen molar-refractivity contribution in [1.82, 2.24) is 15.0 Å². The van der Waals surface area contributed by atoms with Crippen LogP contribution in [0.2, 0.25) is 0 Å². The van der Waals surface area contributed by atoms with Gasteiger partial charge in [0, 0.05) is 46.5 Å². The normalized spacial score (nSPS) is 11.7. The summed E-state index contributed by atoms with van der Waals surface area (Å²) in [6, 6.07) is 4.11. The summed E-state index contributed by atoms with van der Waals surface area (Å²) in [4.78, 5) is 12.0. The predicted molar refractivity (Wildman–Crippen MR) is 78.4 cm³/mol. The highest BCUT2D eigenvalue weighted by Crippen LogP contribution is 2.35. The molecule has 0 unspecified atom stereocenters. The maximum Gasteiger partial charge on any atom is 0.0504 e. The molecule has 0 aliphatic carbocycles. The zero-order valence-corrected chi connectivity index (χ0v) is 10.9. The van der Waals surface area contributed by atoms with Gasteiger partial charge in [-0.15, -0.1) is 0 Å². The molecule has 3 heterocycles. The van der Waals surface area contributed by atoms with Gasteiger partial charge >= 0.3 is 0 Å². The molecule has 4 aromatic rings. The number of hydrogen-bond donors (Lipinski definition) is 1. The Balaban J connectivity index is 2.39. The van der Waals surface area contributed by atoms with Crippen LogP contribution in [0, 0.1) is 13.8 Å². The second-order valence-corrected chi connectivity index (χ2v) is 4.97. The Morgan fingerprint density at radius 3 is 2.42 bits per heavy atom. The van der Waals surface area contributed by atoms with Crippen molar-refractivity contribution in [1.29, 1.82) is 0 Å². The molecule has 0 spiro atoms. The second-order valence-electron chi connectivity index (χ2n) is 4.97. The minimum Gasteiger partial charge on any atom is -0.354 e. The molecule has 0 aliphatic heterocycles. The lowest BCUT2D eigenvalue weighted by molar-refractivity contribution is 1.35. The van der Waals surface area contributed by atoms with Crippen LogP contribution >= 0.6 is 0 Å². The Morgan fingerprint density at radius 2 is 1.58 bits per heavy atom. The number of benzene rings is 1. The van der Waals surface area contributed by atoms with Crippen LogP contribution in [0.25, 0.3) is 32.6 Å². The highest BCUT2D eigenvalue weighted by atomic mass is 14.7. The molecular weight excluding hydrogens is 234 g/mol. The van der Waals surface area contributed by atoms with Crippen molar-refractivity contribution in [2.75, 3.05) is 0 Å². The molecular formula is C16H13N3. The second kappa shape index (κ2) is 3.54. The van der Waals surface area contributed by atoms with E-state index in [1.807, 2.05) is 30.9 Å². The van der Waals surface area contributed by atoms with E-state index in [1.54, 1.807) is 0 Å². The number of aromatic amines is 1. The first kappa shape index (κ1) is 10.5. The molecule has 1 aromatic carbocycles. The first-order valence-corrected chi connectivity index (χ1v) is 6.35. The molecule has 0 fully saturated rings. The molecule has 3 aromatic heterocycles. The van der Waals surface area contributed by atoms with Gasteiger partial charge in [-0.05, 0) is 42.5 Å². The highest BCUT2D eigenvalue weighted by molar-refractivity contribution is 6.15. The molecule has 92 valence electrons. The Kier molecular flexibility index (Phi) is 1.96. The Morgan fingerprint density at radius 1 is 0.842 bits per heavy atom. The van der Waals surface area contributed by atoms with Crippen molar-refractivity contribution in [2.45, 2.75) is 13.8 Å². The third kappa shape index (κ3) is 1.27. The van der Waals surface area contributed by atoms with Crippen LogP contribution in [-0.4, -0.2) is 15.0 Å². The lowest BCUT2D eigenvalue weighted by atomic mass is 9.97. The van der Waals surface area contributed by atoms with Crippen LogP contribution in [0.4, 0.5) is 0 Å². The lowest BCUT2D eigenvalue weighted by Gasteiger charge is -2.08. The molecule has 0 saturated carbocycles. The molecule has 3 nitrogen and oxygen atoms in total. The van der Waals surface area contributed by atoms with E-state index in [9.17, 15) is 0 Å². The zero-order chi connectivity index (χ0) is 13.0. The van der Waals surface area contributed by atoms with Crippen LogP contribution in [0.5, 0.6) is 0 Å². The number of aryl methyl sites for hydroxylation is 2. The summed E-state index contributed by atoms with van der Waals surface area (Å²) in [5.41, 5.74) is 4.89. The maximum atomic E-state index is 4.26. The standard InChI is InChI=1S/C16H13N3/c1-9-12-7-17-5-3-11(12)10(2)16-15(9)13-8-18-6-4-14(13)19-16/h3-8,19H,1-2H3. The summed E-state index contributed by atoms with van der Waals surface area (Å²) in [6.07, 6.45) is 7.56. The van der Waals surface area contributed by atoms with Gasteiger partial charge in [-0.2, -0.15) is 0 Å². The average molecular weight is 247 g/mol. The number of hydrogen-bond acceptors (Lipinski definition) is 2. The van der Waals surface area contributed by atoms with E-state index in [0.717, 1.165) is 5.52 Å². The number of nitrogens with zero attached hydrogens (tertiary/aromatic N) is 2. The summed E-state index contributed by atoms with van der Waals surface area (Å²) >= 11 is 0. The summed E-state index contributed by atoms with van der Waals surface area (Å²) in [6.45, 7) is 4.32. The minimum atomic E-state index is 1.14. The molecule has 0 bridgehead atoms. The first-order chi connectivity index (χ1) is 9.27. The SMILES string of the molecule is Cc1c2ccncc2c(C)c2c1[nH]c1ccncc12. The zero-order valence-electron chi connectivity index (χ0n) is 10.9. The summed E-state index contributed by atoms with van der Waals surface area (Å²) in [7, 11) is 0. The van der Waals surface area contributed by atoms with E-state index >= 15 is 0 Å². The largest absolute Gasteiger partial charge is 0.354 e.